The molecular formula is C24H27N5O3. The first-order chi connectivity index (χ1) is 15.6. The highest BCUT2D eigenvalue weighted by Gasteiger charge is 2.29. The number of carbonyl (C=O) groups is 1. The zero-order valence-corrected chi connectivity index (χ0v) is 18.5. The fourth-order valence-corrected chi connectivity index (χ4v) is 3.98. The molecule has 0 saturated carbocycles. The van der Waals surface area contributed by atoms with Crippen LogP contribution in [0.4, 0.5) is 5.82 Å². The second-order valence-corrected chi connectivity index (χ2v) is 7.65. The van der Waals surface area contributed by atoms with E-state index in [2.05, 4.69) is 15.3 Å². The largest absolute Gasteiger partial charge is 0.497 e. The Hall–Kier alpha value is -3.68. The zero-order valence-electron chi connectivity index (χ0n) is 18.5. The summed E-state index contributed by atoms with van der Waals surface area (Å²) in [6.45, 7) is 1.26. The third-order valence-electron chi connectivity index (χ3n) is 5.69. The number of methoxy groups -OCH3 is 2. The molecule has 1 aromatic carbocycles. The molecule has 0 unspecified atom stereocenters. The fourth-order valence-electron chi connectivity index (χ4n) is 3.98. The summed E-state index contributed by atoms with van der Waals surface area (Å²) in [5.74, 6) is 2.56. The summed E-state index contributed by atoms with van der Waals surface area (Å²) < 4.78 is 10.7. The minimum atomic E-state index is -0.0687. The van der Waals surface area contributed by atoms with Crippen molar-refractivity contribution >= 4 is 11.7 Å². The normalized spacial score (nSPS) is 15.8. The van der Waals surface area contributed by atoms with Crippen LogP contribution >= 0.6 is 0 Å². The number of anilines is 1. The van der Waals surface area contributed by atoms with E-state index >= 15 is 0 Å². The van der Waals surface area contributed by atoms with Crippen LogP contribution < -0.4 is 14.8 Å². The monoisotopic (exact) mass is 433 g/mol. The van der Waals surface area contributed by atoms with E-state index in [0.717, 1.165) is 29.9 Å². The molecule has 1 aliphatic heterocycles. The molecule has 1 saturated heterocycles. The number of hydrogen-bond donors (Lipinski definition) is 1. The Labute approximate surface area is 187 Å². The molecule has 2 aromatic heterocycles. The Kier molecular flexibility index (Phi) is 6.49. The molecule has 1 amide bonds. The molecule has 3 heterocycles. The molecule has 8 heteroatoms. The summed E-state index contributed by atoms with van der Waals surface area (Å²) >= 11 is 0. The maximum atomic E-state index is 13.4. The Morgan fingerprint density at radius 2 is 2.03 bits per heavy atom. The number of aromatic nitrogens is 3. The number of benzene rings is 1. The van der Waals surface area contributed by atoms with E-state index < -0.39 is 0 Å². The third-order valence-corrected chi connectivity index (χ3v) is 5.69. The van der Waals surface area contributed by atoms with Gasteiger partial charge in [0.15, 0.2) is 5.82 Å². The molecule has 4 rings (SSSR count). The fraction of sp³-hybridized carbons (Fsp3) is 0.333. The van der Waals surface area contributed by atoms with Crippen molar-refractivity contribution in [3.05, 3.63) is 60.0 Å². The van der Waals surface area contributed by atoms with Crippen molar-refractivity contribution in [3.8, 4) is 22.9 Å². The Bertz CT molecular complexity index is 1090. The summed E-state index contributed by atoms with van der Waals surface area (Å²) in [5.41, 5.74) is 2.27. The van der Waals surface area contributed by atoms with E-state index in [1.54, 1.807) is 44.8 Å². The highest BCUT2D eigenvalue weighted by atomic mass is 16.5. The molecule has 32 heavy (non-hydrogen) atoms. The molecule has 0 aliphatic carbocycles. The molecule has 0 bridgehead atoms. The van der Waals surface area contributed by atoms with Crippen LogP contribution in [0.2, 0.25) is 0 Å². The molecular weight excluding hydrogens is 406 g/mol. The van der Waals surface area contributed by atoms with Gasteiger partial charge in [0.05, 0.1) is 25.5 Å². The predicted octanol–water partition coefficient (Wildman–Crippen LogP) is 3.62. The van der Waals surface area contributed by atoms with E-state index in [-0.39, 0.29) is 11.8 Å². The lowest BCUT2D eigenvalue weighted by Crippen LogP contribution is -2.39. The lowest BCUT2D eigenvalue weighted by Gasteiger charge is -2.33. The van der Waals surface area contributed by atoms with E-state index in [9.17, 15) is 4.79 Å². The molecule has 0 spiro atoms. The Balaban J connectivity index is 1.62. The average Bonchev–Trinajstić information content (AvgIpc) is 2.88. The number of piperidine rings is 1. The summed E-state index contributed by atoms with van der Waals surface area (Å²) in [5, 5.41) is 3.12. The first kappa shape index (κ1) is 21.5. The summed E-state index contributed by atoms with van der Waals surface area (Å²) in [6.07, 6.45) is 5.32. The van der Waals surface area contributed by atoms with Crippen molar-refractivity contribution in [1.82, 2.24) is 19.9 Å². The highest BCUT2D eigenvalue weighted by Crippen LogP contribution is 2.31. The van der Waals surface area contributed by atoms with Gasteiger partial charge in [-0.25, -0.2) is 9.97 Å². The van der Waals surface area contributed by atoms with Gasteiger partial charge >= 0.3 is 0 Å². The first-order valence-electron chi connectivity index (χ1n) is 10.6. The standard InChI is InChI=1S/C24H27N5O3/c1-25-22-13-20(27-23(28-22)16-6-4-10-26-14-16)17-7-5-11-29(15-17)24(30)19-12-18(31-2)8-9-21(19)32-3/h4,6,8-10,12-14,17H,5,7,11,15H2,1-3H3,(H,25,27,28)/t17-/m0/s1. The van der Waals surface area contributed by atoms with Crippen LogP contribution in [0.5, 0.6) is 11.5 Å². The van der Waals surface area contributed by atoms with Crippen LogP contribution in [-0.2, 0) is 0 Å². The number of ether oxygens (including phenoxy) is 2. The Morgan fingerprint density at radius 1 is 1.16 bits per heavy atom. The van der Waals surface area contributed by atoms with Gasteiger partial charge in [-0.3, -0.25) is 9.78 Å². The van der Waals surface area contributed by atoms with E-state index in [4.69, 9.17) is 14.5 Å². The van der Waals surface area contributed by atoms with Crippen molar-refractivity contribution in [3.63, 3.8) is 0 Å². The number of rotatable bonds is 6. The van der Waals surface area contributed by atoms with E-state index in [1.165, 1.54) is 0 Å². The minimum Gasteiger partial charge on any atom is -0.497 e. The van der Waals surface area contributed by atoms with Gasteiger partial charge in [-0.1, -0.05) is 0 Å². The lowest BCUT2D eigenvalue weighted by atomic mass is 9.93. The number of nitrogens with one attached hydrogen (secondary N) is 1. The molecule has 1 fully saturated rings. The van der Waals surface area contributed by atoms with Gasteiger partial charge in [0.2, 0.25) is 0 Å². The van der Waals surface area contributed by atoms with Crippen molar-refractivity contribution in [2.45, 2.75) is 18.8 Å². The topological polar surface area (TPSA) is 89.5 Å². The number of hydrogen-bond acceptors (Lipinski definition) is 7. The van der Waals surface area contributed by atoms with Crippen LogP contribution in [0.3, 0.4) is 0 Å². The van der Waals surface area contributed by atoms with Crippen molar-refractivity contribution < 1.29 is 14.3 Å². The second kappa shape index (κ2) is 9.64. The van der Waals surface area contributed by atoms with Crippen LogP contribution in [0, 0.1) is 0 Å². The van der Waals surface area contributed by atoms with Gasteiger partial charge in [0.1, 0.15) is 17.3 Å². The van der Waals surface area contributed by atoms with Crippen LogP contribution in [0.25, 0.3) is 11.4 Å². The van der Waals surface area contributed by atoms with E-state index in [0.29, 0.717) is 36.0 Å². The van der Waals surface area contributed by atoms with Gasteiger partial charge in [-0.05, 0) is 43.2 Å². The smallest absolute Gasteiger partial charge is 0.257 e. The van der Waals surface area contributed by atoms with Gasteiger partial charge in [-0.2, -0.15) is 0 Å². The molecule has 166 valence electrons. The van der Waals surface area contributed by atoms with Crippen LogP contribution in [0.1, 0.15) is 34.8 Å². The number of amides is 1. The number of likely N-dealkylation sites (tertiary alicyclic amines) is 1. The molecule has 1 atom stereocenters. The number of nitrogens with zero attached hydrogens (tertiary/aromatic N) is 4. The second-order valence-electron chi connectivity index (χ2n) is 7.65. The zero-order chi connectivity index (χ0) is 22.5. The van der Waals surface area contributed by atoms with Crippen LogP contribution in [-0.4, -0.2) is 60.1 Å². The van der Waals surface area contributed by atoms with Gasteiger partial charge in [0.25, 0.3) is 5.91 Å². The van der Waals surface area contributed by atoms with Gasteiger partial charge in [0, 0.05) is 50.1 Å². The SMILES string of the molecule is CNc1cc([C@H]2CCCN(C(=O)c3cc(OC)ccc3OC)C2)nc(-c2cccnc2)n1. The summed E-state index contributed by atoms with van der Waals surface area (Å²) in [4.78, 5) is 28.8. The quantitative estimate of drug-likeness (QED) is 0.635. The predicted molar refractivity (Wildman–Crippen MR) is 122 cm³/mol. The Morgan fingerprint density at radius 3 is 2.75 bits per heavy atom. The average molecular weight is 434 g/mol. The van der Waals surface area contributed by atoms with E-state index in [1.807, 2.05) is 30.1 Å². The molecule has 8 nitrogen and oxygen atoms in total. The lowest BCUT2D eigenvalue weighted by molar-refractivity contribution is 0.0702. The highest BCUT2D eigenvalue weighted by molar-refractivity contribution is 5.97. The minimum absolute atomic E-state index is 0.0687. The molecule has 1 N–H and O–H groups in total. The van der Waals surface area contributed by atoms with Crippen LogP contribution in [0.15, 0.2) is 48.8 Å². The van der Waals surface area contributed by atoms with Gasteiger partial charge in [-0.15, -0.1) is 0 Å². The maximum absolute atomic E-state index is 13.4. The van der Waals surface area contributed by atoms with Gasteiger partial charge < -0.3 is 19.7 Å². The van der Waals surface area contributed by atoms with Crippen molar-refractivity contribution in [2.75, 3.05) is 39.7 Å². The number of carbonyl (C=O) groups excluding carboxylic acids is 1. The third kappa shape index (κ3) is 4.49. The molecule has 3 aromatic rings. The first-order valence-corrected chi connectivity index (χ1v) is 10.6. The summed E-state index contributed by atoms with van der Waals surface area (Å²) in [6, 6.07) is 11.1. The maximum Gasteiger partial charge on any atom is 0.257 e. The van der Waals surface area contributed by atoms with Crippen molar-refractivity contribution in [2.24, 2.45) is 0 Å². The molecule has 1 aliphatic rings. The molecule has 0 radical (unpaired) electrons. The van der Waals surface area contributed by atoms with Crippen molar-refractivity contribution in [1.29, 1.82) is 0 Å². The summed E-state index contributed by atoms with van der Waals surface area (Å²) in [7, 11) is 4.99. The number of pyridine rings is 1.